The number of hydrogen-bond donors (Lipinski definition) is 1. The summed E-state index contributed by atoms with van der Waals surface area (Å²) in [7, 11) is -3.56. The standard InChI is InChI=1S/C14H19F3N2O2S/c15-14(16,17)11-19-8-4-7-13(9-19)18-22(20,21)10-12-5-2-1-3-6-12/h1-3,5-6,13,18H,4,7-11H2/t13-/m1/s1. The fourth-order valence-corrected chi connectivity index (χ4v) is 4.05. The molecule has 0 saturated carbocycles. The van der Waals surface area contributed by atoms with E-state index in [-0.39, 0.29) is 12.3 Å². The molecule has 0 radical (unpaired) electrons. The van der Waals surface area contributed by atoms with Crippen molar-refractivity contribution < 1.29 is 21.6 Å². The molecule has 1 aromatic carbocycles. The second-order valence-electron chi connectivity index (χ2n) is 5.55. The normalized spacial score (nSPS) is 21.0. The molecule has 4 nitrogen and oxygen atoms in total. The third-order valence-corrected chi connectivity index (χ3v) is 4.86. The van der Waals surface area contributed by atoms with Gasteiger partial charge in [0.1, 0.15) is 0 Å². The Labute approximate surface area is 128 Å². The van der Waals surface area contributed by atoms with E-state index in [0.29, 0.717) is 24.9 Å². The highest BCUT2D eigenvalue weighted by Gasteiger charge is 2.33. The number of rotatable bonds is 5. The zero-order chi connectivity index (χ0) is 16.2. The highest BCUT2D eigenvalue weighted by molar-refractivity contribution is 7.88. The second kappa shape index (κ2) is 6.97. The quantitative estimate of drug-likeness (QED) is 0.896. The van der Waals surface area contributed by atoms with Crippen LogP contribution < -0.4 is 4.72 Å². The van der Waals surface area contributed by atoms with Gasteiger partial charge < -0.3 is 0 Å². The van der Waals surface area contributed by atoms with Crippen LogP contribution in [0.25, 0.3) is 0 Å². The molecule has 0 spiro atoms. The molecule has 2 rings (SSSR count). The van der Waals surface area contributed by atoms with E-state index in [0.717, 1.165) is 0 Å². The number of benzene rings is 1. The van der Waals surface area contributed by atoms with Crippen LogP contribution >= 0.6 is 0 Å². The number of nitrogens with one attached hydrogen (secondary N) is 1. The van der Waals surface area contributed by atoms with Gasteiger partial charge in [-0.25, -0.2) is 13.1 Å². The number of hydrogen-bond acceptors (Lipinski definition) is 3. The van der Waals surface area contributed by atoms with Gasteiger partial charge in [0.15, 0.2) is 0 Å². The molecule has 1 aromatic rings. The van der Waals surface area contributed by atoms with Crippen molar-refractivity contribution >= 4 is 10.0 Å². The van der Waals surface area contributed by atoms with Crippen molar-refractivity contribution in [3.05, 3.63) is 35.9 Å². The van der Waals surface area contributed by atoms with Crippen molar-refractivity contribution in [3.63, 3.8) is 0 Å². The van der Waals surface area contributed by atoms with Gasteiger partial charge >= 0.3 is 6.18 Å². The summed E-state index contributed by atoms with van der Waals surface area (Å²) >= 11 is 0. The van der Waals surface area contributed by atoms with Gasteiger partial charge in [0.05, 0.1) is 12.3 Å². The lowest BCUT2D eigenvalue weighted by Crippen LogP contribution is -2.50. The van der Waals surface area contributed by atoms with Crippen LogP contribution in [0.3, 0.4) is 0 Å². The van der Waals surface area contributed by atoms with Crippen LogP contribution in [0.2, 0.25) is 0 Å². The molecule has 22 heavy (non-hydrogen) atoms. The lowest BCUT2D eigenvalue weighted by atomic mass is 10.1. The summed E-state index contributed by atoms with van der Waals surface area (Å²) in [6, 6.07) is 8.23. The molecule has 1 aliphatic rings. The minimum absolute atomic E-state index is 0.0908. The Bertz CT molecular complexity index is 576. The topological polar surface area (TPSA) is 49.4 Å². The summed E-state index contributed by atoms with van der Waals surface area (Å²) in [6.07, 6.45) is -3.15. The number of halogens is 3. The van der Waals surface area contributed by atoms with Crippen LogP contribution in [0.1, 0.15) is 18.4 Å². The maximum absolute atomic E-state index is 12.4. The van der Waals surface area contributed by atoms with E-state index >= 15 is 0 Å². The van der Waals surface area contributed by atoms with Crippen molar-refractivity contribution in [2.45, 2.75) is 30.8 Å². The monoisotopic (exact) mass is 336 g/mol. The molecule has 1 heterocycles. The van der Waals surface area contributed by atoms with E-state index in [4.69, 9.17) is 0 Å². The lowest BCUT2D eigenvalue weighted by Gasteiger charge is -2.33. The lowest BCUT2D eigenvalue weighted by molar-refractivity contribution is -0.148. The molecule has 1 atom stereocenters. The van der Waals surface area contributed by atoms with Gasteiger partial charge in [-0.05, 0) is 24.9 Å². The first-order chi connectivity index (χ1) is 10.2. The molecular formula is C14H19F3N2O2S. The van der Waals surface area contributed by atoms with E-state index in [1.54, 1.807) is 30.3 Å². The molecule has 1 fully saturated rings. The van der Waals surface area contributed by atoms with Gasteiger partial charge in [0, 0.05) is 12.6 Å². The summed E-state index contributed by atoms with van der Waals surface area (Å²) in [5.74, 6) is -0.163. The van der Waals surface area contributed by atoms with Crippen LogP contribution in [-0.2, 0) is 15.8 Å². The number of likely N-dealkylation sites (tertiary alicyclic amines) is 1. The Morgan fingerprint density at radius 3 is 2.55 bits per heavy atom. The summed E-state index contributed by atoms with van der Waals surface area (Å²) in [5, 5.41) is 0. The number of nitrogens with zero attached hydrogens (tertiary/aromatic N) is 1. The van der Waals surface area contributed by atoms with Gasteiger partial charge in [0.2, 0.25) is 10.0 Å². The Kier molecular flexibility index (Phi) is 5.46. The van der Waals surface area contributed by atoms with E-state index in [9.17, 15) is 21.6 Å². The smallest absolute Gasteiger partial charge is 0.293 e. The van der Waals surface area contributed by atoms with Gasteiger partial charge in [-0.3, -0.25) is 4.90 Å². The number of alkyl halides is 3. The fraction of sp³-hybridized carbons (Fsp3) is 0.571. The van der Waals surface area contributed by atoms with Gasteiger partial charge in [0.25, 0.3) is 0 Å². The molecule has 0 aliphatic carbocycles. The zero-order valence-electron chi connectivity index (χ0n) is 12.0. The SMILES string of the molecule is O=S(=O)(Cc1ccccc1)N[C@@H]1CCCN(CC(F)(F)F)C1. The third kappa shape index (κ3) is 5.94. The minimum atomic E-state index is -4.26. The first-order valence-corrected chi connectivity index (χ1v) is 8.72. The molecule has 1 saturated heterocycles. The van der Waals surface area contributed by atoms with E-state index in [1.807, 2.05) is 0 Å². The molecule has 1 N–H and O–H groups in total. The Hall–Kier alpha value is -1.12. The predicted molar refractivity (Wildman–Crippen MR) is 77.7 cm³/mol. The van der Waals surface area contributed by atoms with Crippen LogP contribution in [0.15, 0.2) is 30.3 Å². The van der Waals surface area contributed by atoms with E-state index in [1.165, 1.54) is 4.90 Å². The minimum Gasteiger partial charge on any atom is -0.293 e. The average Bonchev–Trinajstić information content (AvgIpc) is 2.36. The third-order valence-electron chi connectivity index (χ3n) is 3.45. The summed E-state index contributed by atoms with van der Waals surface area (Å²) < 4.78 is 64.0. The molecule has 0 bridgehead atoms. The molecule has 8 heteroatoms. The molecule has 124 valence electrons. The molecule has 1 aliphatic heterocycles. The zero-order valence-corrected chi connectivity index (χ0v) is 12.8. The highest BCUT2D eigenvalue weighted by Crippen LogP contribution is 2.20. The van der Waals surface area contributed by atoms with Gasteiger partial charge in [-0.15, -0.1) is 0 Å². The predicted octanol–water partition coefficient (Wildman–Crippen LogP) is 2.13. The van der Waals surface area contributed by atoms with E-state index < -0.39 is 28.8 Å². The molecule has 0 unspecified atom stereocenters. The van der Waals surface area contributed by atoms with Crippen molar-refractivity contribution in [3.8, 4) is 0 Å². The van der Waals surface area contributed by atoms with Crippen molar-refractivity contribution in [1.82, 2.24) is 9.62 Å². The highest BCUT2D eigenvalue weighted by atomic mass is 32.2. The van der Waals surface area contributed by atoms with Crippen molar-refractivity contribution in [2.75, 3.05) is 19.6 Å². The van der Waals surface area contributed by atoms with E-state index in [2.05, 4.69) is 4.72 Å². The number of sulfonamides is 1. The first kappa shape index (κ1) is 17.2. The Morgan fingerprint density at radius 2 is 1.91 bits per heavy atom. The fourth-order valence-electron chi connectivity index (χ4n) is 2.64. The molecule has 0 amide bonds. The van der Waals surface area contributed by atoms with Crippen molar-refractivity contribution in [2.24, 2.45) is 0 Å². The number of piperidine rings is 1. The summed E-state index contributed by atoms with van der Waals surface area (Å²) in [4.78, 5) is 1.25. The van der Waals surface area contributed by atoms with Gasteiger partial charge in [-0.1, -0.05) is 30.3 Å². The first-order valence-electron chi connectivity index (χ1n) is 7.06. The van der Waals surface area contributed by atoms with Gasteiger partial charge in [-0.2, -0.15) is 13.2 Å². The van der Waals surface area contributed by atoms with Crippen LogP contribution in [0.5, 0.6) is 0 Å². The maximum atomic E-state index is 12.4. The second-order valence-corrected chi connectivity index (χ2v) is 7.31. The van der Waals surface area contributed by atoms with Crippen LogP contribution in [0, 0.1) is 0 Å². The molecular weight excluding hydrogens is 317 g/mol. The van der Waals surface area contributed by atoms with Crippen LogP contribution in [0.4, 0.5) is 13.2 Å². The van der Waals surface area contributed by atoms with Crippen molar-refractivity contribution in [1.29, 1.82) is 0 Å². The maximum Gasteiger partial charge on any atom is 0.401 e. The average molecular weight is 336 g/mol. The summed E-state index contributed by atoms with van der Waals surface area (Å²) in [6.45, 7) is -0.562. The Balaban J connectivity index is 1.91. The van der Waals surface area contributed by atoms with Crippen LogP contribution in [-0.4, -0.2) is 45.2 Å². The Morgan fingerprint density at radius 1 is 1.23 bits per heavy atom. The summed E-state index contributed by atoms with van der Waals surface area (Å²) in [5.41, 5.74) is 0.651. The molecule has 0 aromatic heterocycles. The largest absolute Gasteiger partial charge is 0.401 e.